The van der Waals surface area contributed by atoms with E-state index in [4.69, 9.17) is 0 Å². The van der Waals surface area contributed by atoms with Gasteiger partial charge in [0.05, 0.1) is 0 Å². The van der Waals surface area contributed by atoms with Crippen molar-refractivity contribution in [3.05, 3.63) is 35.6 Å². The van der Waals surface area contributed by atoms with Crippen LogP contribution in [0.2, 0.25) is 0 Å². The third kappa shape index (κ3) is 2.74. The van der Waals surface area contributed by atoms with Gasteiger partial charge in [-0.1, -0.05) is 44.4 Å². The molecule has 0 bridgehead atoms. The monoisotopic (exact) mass is 234 g/mol. The molecule has 0 heterocycles. The molecule has 0 spiro atoms. The van der Waals surface area contributed by atoms with Crippen LogP contribution in [-0.2, 0) is 11.2 Å². The molecule has 0 amide bonds. The van der Waals surface area contributed by atoms with Crippen molar-refractivity contribution in [2.45, 2.75) is 45.4 Å². The first-order chi connectivity index (χ1) is 8.12. The van der Waals surface area contributed by atoms with Crippen LogP contribution in [0.5, 0.6) is 0 Å². The Hall–Kier alpha value is -1.18. The van der Waals surface area contributed by atoms with Gasteiger partial charge in [-0.3, -0.25) is 4.79 Å². The number of carbonyl (C=O) groups is 1. The van der Waals surface area contributed by atoms with Crippen molar-refractivity contribution in [1.29, 1.82) is 0 Å². The smallest absolute Gasteiger partial charge is 0.143 e. The number of carbonyl (C=O) groups excluding carboxylic acids is 1. The first-order valence-corrected chi connectivity index (χ1v) is 6.38. The zero-order valence-corrected chi connectivity index (χ0v) is 10.3. The fraction of sp³-hybridized carbons (Fsp3) is 0.533. The topological polar surface area (TPSA) is 17.1 Å². The molecule has 1 aromatic carbocycles. The lowest BCUT2D eigenvalue weighted by molar-refractivity contribution is -0.128. The number of Topliss-reactive ketones (excluding diaryl/α,β-unsaturated/α-hetero) is 1. The third-order valence-electron chi connectivity index (χ3n) is 3.94. The molecule has 1 aliphatic rings. The minimum absolute atomic E-state index is 0.197. The summed E-state index contributed by atoms with van der Waals surface area (Å²) in [6, 6.07) is 6.58. The lowest BCUT2D eigenvalue weighted by Gasteiger charge is -2.32. The summed E-state index contributed by atoms with van der Waals surface area (Å²) >= 11 is 0. The van der Waals surface area contributed by atoms with E-state index in [9.17, 15) is 9.18 Å². The molecule has 2 rings (SSSR count). The molecule has 0 unspecified atom stereocenters. The Morgan fingerprint density at radius 3 is 2.53 bits per heavy atom. The van der Waals surface area contributed by atoms with Gasteiger partial charge in [-0.2, -0.15) is 0 Å². The Morgan fingerprint density at radius 2 is 1.88 bits per heavy atom. The van der Waals surface area contributed by atoms with Crippen LogP contribution >= 0.6 is 0 Å². The maximum atomic E-state index is 13.5. The Labute approximate surface area is 102 Å². The number of hydrogen-bond acceptors (Lipinski definition) is 1. The quantitative estimate of drug-likeness (QED) is 0.775. The van der Waals surface area contributed by atoms with Crippen LogP contribution in [0.25, 0.3) is 0 Å². The number of benzene rings is 1. The minimum Gasteiger partial charge on any atom is -0.299 e. The average Bonchev–Trinajstić information content (AvgIpc) is 2.33. The van der Waals surface area contributed by atoms with Crippen molar-refractivity contribution in [2.24, 2.45) is 5.41 Å². The van der Waals surface area contributed by atoms with Gasteiger partial charge in [0.2, 0.25) is 0 Å². The van der Waals surface area contributed by atoms with Crippen molar-refractivity contribution < 1.29 is 9.18 Å². The van der Waals surface area contributed by atoms with E-state index in [1.807, 2.05) is 6.92 Å². The Morgan fingerprint density at radius 1 is 1.24 bits per heavy atom. The molecular formula is C15H19FO. The SMILES string of the molecule is CC1(C(=O)Cc2ccccc2F)CCCCC1. The molecular weight excluding hydrogens is 215 g/mol. The fourth-order valence-electron chi connectivity index (χ4n) is 2.64. The van der Waals surface area contributed by atoms with Crippen LogP contribution in [0.4, 0.5) is 4.39 Å². The molecule has 0 aliphatic heterocycles. The van der Waals surface area contributed by atoms with Crippen LogP contribution in [0, 0.1) is 11.2 Å². The predicted octanol–water partition coefficient (Wildman–Crippen LogP) is 3.91. The van der Waals surface area contributed by atoms with Gasteiger partial charge in [-0.15, -0.1) is 0 Å². The molecule has 0 atom stereocenters. The molecule has 1 aliphatic carbocycles. The van der Waals surface area contributed by atoms with Gasteiger partial charge in [-0.05, 0) is 24.5 Å². The second-order valence-electron chi connectivity index (χ2n) is 5.31. The van der Waals surface area contributed by atoms with Crippen LogP contribution < -0.4 is 0 Å². The summed E-state index contributed by atoms with van der Waals surface area (Å²) in [5.41, 5.74) is 0.310. The second kappa shape index (κ2) is 4.99. The van der Waals surface area contributed by atoms with Gasteiger partial charge in [0.25, 0.3) is 0 Å². The van der Waals surface area contributed by atoms with E-state index in [0.29, 0.717) is 5.56 Å². The molecule has 0 N–H and O–H groups in total. The molecule has 17 heavy (non-hydrogen) atoms. The molecule has 1 nitrogen and oxygen atoms in total. The highest BCUT2D eigenvalue weighted by Crippen LogP contribution is 2.37. The molecule has 1 aromatic rings. The molecule has 1 fully saturated rings. The van der Waals surface area contributed by atoms with Gasteiger partial charge >= 0.3 is 0 Å². The molecule has 0 aromatic heterocycles. The van der Waals surface area contributed by atoms with E-state index in [0.717, 1.165) is 25.7 Å². The zero-order valence-electron chi connectivity index (χ0n) is 10.3. The number of halogens is 1. The highest BCUT2D eigenvalue weighted by molar-refractivity contribution is 5.86. The first-order valence-electron chi connectivity index (χ1n) is 6.38. The number of hydrogen-bond donors (Lipinski definition) is 0. The van der Waals surface area contributed by atoms with Crippen molar-refractivity contribution in [1.82, 2.24) is 0 Å². The van der Waals surface area contributed by atoms with E-state index >= 15 is 0 Å². The molecule has 0 saturated heterocycles. The Kier molecular flexibility index (Phi) is 3.60. The summed E-state index contributed by atoms with van der Waals surface area (Å²) < 4.78 is 13.5. The Balaban J connectivity index is 2.08. The minimum atomic E-state index is -0.264. The van der Waals surface area contributed by atoms with E-state index < -0.39 is 0 Å². The van der Waals surface area contributed by atoms with Crippen LogP contribution in [0.15, 0.2) is 24.3 Å². The van der Waals surface area contributed by atoms with Gasteiger partial charge in [0, 0.05) is 11.8 Å². The van der Waals surface area contributed by atoms with Crippen molar-refractivity contribution in [2.75, 3.05) is 0 Å². The van der Waals surface area contributed by atoms with Gasteiger partial charge < -0.3 is 0 Å². The van der Waals surface area contributed by atoms with Crippen LogP contribution in [-0.4, -0.2) is 5.78 Å². The van der Waals surface area contributed by atoms with E-state index in [1.54, 1.807) is 18.2 Å². The summed E-state index contributed by atoms with van der Waals surface area (Å²) in [6.07, 6.45) is 5.63. The largest absolute Gasteiger partial charge is 0.299 e. The number of rotatable bonds is 3. The lowest BCUT2D eigenvalue weighted by atomic mass is 9.71. The zero-order chi connectivity index (χ0) is 12.3. The highest BCUT2D eigenvalue weighted by atomic mass is 19.1. The first kappa shape index (κ1) is 12.3. The van der Waals surface area contributed by atoms with E-state index in [1.165, 1.54) is 12.5 Å². The van der Waals surface area contributed by atoms with Gasteiger partial charge in [0.1, 0.15) is 11.6 Å². The van der Waals surface area contributed by atoms with E-state index in [2.05, 4.69) is 0 Å². The predicted molar refractivity (Wildman–Crippen MR) is 66.3 cm³/mol. The molecule has 0 radical (unpaired) electrons. The van der Waals surface area contributed by atoms with Gasteiger partial charge in [-0.25, -0.2) is 4.39 Å². The normalized spacial score (nSPS) is 18.9. The molecule has 2 heteroatoms. The summed E-state index contributed by atoms with van der Waals surface area (Å²) in [5.74, 6) is -0.0671. The maximum Gasteiger partial charge on any atom is 0.143 e. The van der Waals surface area contributed by atoms with E-state index in [-0.39, 0.29) is 23.4 Å². The second-order valence-corrected chi connectivity index (χ2v) is 5.31. The number of ketones is 1. The maximum absolute atomic E-state index is 13.5. The summed E-state index contributed by atoms with van der Waals surface area (Å²) in [7, 11) is 0. The van der Waals surface area contributed by atoms with Crippen LogP contribution in [0.1, 0.15) is 44.6 Å². The fourth-order valence-corrected chi connectivity index (χ4v) is 2.64. The van der Waals surface area contributed by atoms with Crippen molar-refractivity contribution in [3.8, 4) is 0 Å². The average molecular weight is 234 g/mol. The van der Waals surface area contributed by atoms with Crippen molar-refractivity contribution >= 4 is 5.78 Å². The molecule has 92 valence electrons. The summed E-state index contributed by atoms with van der Waals surface area (Å²) in [5, 5.41) is 0. The molecule has 1 saturated carbocycles. The van der Waals surface area contributed by atoms with Gasteiger partial charge in [0.15, 0.2) is 0 Å². The lowest BCUT2D eigenvalue weighted by Crippen LogP contribution is -2.31. The van der Waals surface area contributed by atoms with Crippen molar-refractivity contribution in [3.63, 3.8) is 0 Å². The Bertz CT molecular complexity index is 405. The summed E-state index contributed by atoms with van der Waals surface area (Å²) in [4.78, 5) is 12.3. The standard InChI is InChI=1S/C15H19FO/c1-15(9-5-2-6-10-15)14(17)11-12-7-3-4-8-13(12)16/h3-4,7-8H,2,5-6,9-11H2,1H3. The highest BCUT2D eigenvalue weighted by Gasteiger charge is 2.34. The van der Waals surface area contributed by atoms with Crippen LogP contribution in [0.3, 0.4) is 0 Å². The summed E-state index contributed by atoms with van der Waals surface area (Å²) in [6.45, 7) is 2.04. The third-order valence-corrected chi connectivity index (χ3v) is 3.94.